The second kappa shape index (κ2) is 9.52. The Kier molecular flexibility index (Phi) is 7.31. The summed E-state index contributed by atoms with van der Waals surface area (Å²) in [7, 11) is 0. The number of hydrogen-bond donors (Lipinski definition) is 0. The molecule has 0 spiro atoms. The molecule has 0 saturated carbocycles. The van der Waals surface area contributed by atoms with Crippen LogP contribution in [0.25, 0.3) is 0 Å². The van der Waals surface area contributed by atoms with Crippen molar-refractivity contribution in [3.05, 3.63) is 127 Å². The zero-order valence-electron chi connectivity index (χ0n) is 17.4. The Morgan fingerprint density at radius 1 is 0.455 bits per heavy atom. The van der Waals surface area contributed by atoms with Crippen LogP contribution < -0.4 is 15.9 Å². The Labute approximate surface area is 194 Å². The summed E-state index contributed by atoms with van der Waals surface area (Å²) in [4.78, 5) is 0. The van der Waals surface area contributed by atoms with Crippen molar-refractivity contribution >= 4 is 43.1 Å². The zero-order chi connectivity index (χ0) is 24.1. The first-order chi connectivity index (χ1) is 15.4. The van der Waals surface area contributed by atoms with E-state index < -0.39 is 27.2 Å². The fourth-order valence-electron chi connectivity index (χ4n) is 3.86. The molecule has 0 aliphatic heterocycles. The summed E-state index contributed by atoms with van der Waals surface area (Å²) in [5.74, 6) is 0. The summed E-state index contributed by atoms with van der Waals surface area (Å²) < 4.78 is 67.7. The predicted octanol–water partition coefficient (Wildman–Crippen LogP) is 7.32. The topological polar surface area (TPSA) is 0 Å². The number of halogens is 6. The van der Waals surface area contributed by atoms with E-state index in [1.54, 1.807) is 0 Å². The summed E-state index contributed by atoms with van der Waals surface area (Å²) >= 11 is -9.19. The minimum atomic E-state index is -9.19. The van der Waals surface area contributed by atoms with Gasteiger partial charge in [-0.05, 0) is 0 Å². The van der Waals surface area contributed by atoms with E-state index in [0.29, 0.717) is 6.16 Å². The quantitative estimate of drug-likeness (QED) is 0.130. The summed E-state index contributed by atoms with van der Waals surface area (Å²) in [5, 5.41) is 2.30. The minimum absolute atomic E-state index is 0.352. The summed E-state index contributed by atoms with van der Waals surface area (Å²) in [6, 6.07) is 39.1. The molecule has 0 aromatic heterocycles. The molecule has 0 N–H and O–H groups in total. The molecule has 174 valence electrons. The Morgan fingerprint density at radius 2 is 0.697 bits per heavy atom. The standard InChI is InChI=1S/C25H22FP.5FH.Sb/c26-27(23-15-7-2-8-16-23,24-17-9-3-10-18-24,25-19-11-4-12-20-25)21-22-13-5-1-6-14-22;;;;;;/h1-20H,21H2;5*1H;/q;;;;;;+5/p-5. The monoisotopic (exact) mass is 588 g/mol. The van der Waals surface area contributed by atoms with Gasteiger partial charge in [0, 0.05) is 0 Å². The second-order valence-corrected chi connectivity index (χ2v) is 15.3. The van der Waals surface area contributed by atoms with Gasteiger partial charge in [-0.15, -0.1) is 0 Å². The molecule has 0 heterocycles. The normalized spacial score (nSPS) is 14.0. The van der Waals surface area contributed by atoms with E-state index in [0.717, 1.165) is 21.5 Å². The van der Waals surface area contributed by atoms with Gasteiger partial charge in [0.1, 0.15) is 0 Å². The fraction of sp³-hybridized carbons (Fsp3) is 0.0400. The molecule has 4 aromatic rings. The van der Waals surface area contributed by atoms with Crippen molar-refractivity contribution in [1.29, 1.82) is 0 Å². The molecule has 33 heavy (non-hydrogen) atoms. The van der Waals surface area contributed by atoms with Crippen molar-refractivity contribution in [2.45, 2.75) is 6.16 Å². The van der Waals surface area contributed by atoms with E-state index >= 15 is 4.20 Å². The van der Waals surface area contributed by atoms with Crippen LogP contribution in [0.4, 0.5) is 18.3 Å². The third kappa shape index (κ3) is 6.40. The van der Waals surface area contributed by atoms with Crippen molar-refractivity contribution in [1.82, 2.24) is 0 Å². The van der Waals surface area contributed by atoms with Gasteiger partial charge in [0.25, 0.3) is 0 Å². The summed E-state index contributed by atoms with van der Waals surface area (Å²) in [5.41, 5.74) is 1.01. The maximum atomic E-state index is 18.2. The van der Waals surface area contributed by atoms with Gasteiger partial charge < -0.3 is 0 Å². The van der Waals surface area contributed by atoms with Gasteiger partial charge in [-0.3, -0.25) is 0 Å². The molecule has 0 bridgehead atoms. The fourth-order valence-corrected chi connectivity index (χ4v) is 8.58. The number of hydrogen-bond acceptors (Lipinski definition) is 0. The van der Waals surface area contributed by atoms with Crippen LogP contribution >= 0.6 is 6.91 Å². The number of rotatable bonds is 5. The van der Waals surface area contributed by atoms with E-state index in [9.17, 15) is 14.1 Å². The molecule has 0 atom stereocenters. The third-order valence-electron chi connectivity index (χ3n) is 5.21. The van der Waals surface area contributed by atoms with Gasteiger partial charge in [-0.25, -0.2) is 0 Å². The molecule has 0 aliphatic carbocycles. The molecular weight excluding hydrogens is 567 g/mol. The molecule has 0 radical (unpaired) electrons. The molecule has 0 aliphatic rings. The van der Waals surface area contributed by atoms with E-state index in [1.807, 2.05) is 121 Å². The average molecular weight is 589 g/mol. The maximum absolute atomic E-state index is 18.2. The molecule has 0 unspecified atom stereocenters. The first-order valence-corrected chi connectivity index (χ1v) is 17.1. The van der Waals surface area contributed by atoms with Gasteiger partial charge in [-0.2, -0.15) is 0 Å². The number of benzene rings is 4. The molecular formula is C25H22F6PSb. The molecule has 8 heteroatoms. The second-order valence-electron chi connectivity index (χ2n) is 7.47. The van der Waals surface area contributed by atoms with Crippen LogP contribution in [0.1, 0.15) is 5.56 Å². The van der Waals surface area contributed by atoms with Gasteiger partial charge >= 0.3 is 194 Å². The van der Waals surface area contributed by atoms with E-state index in [1.165, 1.54) is 0 Å². The van der Waals surface area contributed by atoms with Gasteiger partial charge in [0.2, 0.25) is 0 Å². The summed E-state index contributed by atoms with van der Waals surface area (Å²) in [6.07, 6.45) is 0.352. The molecule has 0 saturated heterocycles. The van der Waals surface area contributed by atoms with E-state index in [4.69, 9.17) is 0 Å². The van der Waals surface area contributed by atoms with Crippen LogP contribution in [-0.2, 0) is 6.16 Å². The molecule has 4 aromatic carbocycles. The predicted molar refractivity (Wildman–Crippen MR) is 128 cm³/mol. The third-order valence-corrected chi connectivity index (χ3v) is 10.3. The Balaban J connectivity index is 0.000000454. The Bertz CT molecular complexity index is 1050. The molecule has 0 fully saturated rings. The van der Waals surface area contributed by atoms with Crippen LogP contribution in [0, 0.1) is 0 Å². The van der Waals surface area contributed by atoms with Gasteiger partial charge in [0.05, 0.1) is 0 Å². The molecule has 4 rings (SSSR count). The van der Waals surface area contributed by atoms with Crippen LogP contribution in [-0.4, -0.2) is 20.3 Å². The van der Waals surface area contributed by atoms with Crippen LogP contribution in [0.3, 0.4) is 0 Å². The SMILES string of the molecule is FP(Cc1ccccc1)(c1ccccc1)(c1ccccc1)c1ccccc1.[F][Sb]([F])([F])([F])[F]. The van der Waals surface area contributed by atoms with Crippen molar-refractivity contribution in [2.24, 2.45) is 0 Å². The van der Waals surface area contributed by atoms with Gasteiger partial charge in [0.15, 0.2) is 0 Å². The molecule has 0 amide bonds. The van der Waals surface area contributed by atoms with Crippen LogP contribution in [0.5, 0.6) is 0 Å². The first-order valence-electron chi connectivity index (χ1n) is 10.00. The van der Waals surface area contributed by atoms with Crippen molar-refractivity contribution in [3.63, 3.8) is 0 Å². The average Bonchev–Trinajstić information content (AvgIpc) is 2.80. The molecule has 0 nitrogen and oxygen atoms in total. The van der Waals surface area contributed by atoms with Crippen LogP contribution in [0.15, 0.2) is 121 Å². The van der Waals surface area contributed by atoms with E-state index in [-0.39, 0.29) is 0 Å². The Hall–Kier alpha value is -2.29. The van der Waals surface area contributed by atoms with Gasteiger partial charge in [-0.1, -0.05) is 0 Å². The Morgan fingerprint density at radius 3 is 0.970 bits per heavy atom. The zero-order valence-corrected chi connectivity index (χ0v) is 20.9. The van der Waals surface area contributed by atoms with E-state index in [2.05, 4.69) is 0 Å². The van der Waals surface area contributed by atoms with Crippen molar-refractivity contribution < 1.29 is 18.3 Å². The van der Waals surface area contributed by atoms with Crippen molar-refractivity contribution in [3.8, 4) is 0 Å². The van der Waals surface area contributed by atoms with Crippen molar-refractivity contribution in [2.75, 3.05) is 0 Å². The first kappa shape index (κ1) is 25.3. The van der Waals surface area contributed by atoms with Crippen LogP contribution in [0.2, 0.25) is 0 Å². The summed E-state index contributed by atoms with van der Waals surface area (Å²) in [6.45, 7) is -4.18.